The minimum Gasteiger partial charge on any atom is -0.454 e. The van der Waals surface area contributed by atoms with Gasteiger partial charge in [0.15, 0.2) is 11.5 Å². The molecule has 3 aromatic rings. The van der Waals surface area contributed by atoms with E-state index in [1.54, 1.807) is 6.07 Å². The second kappa shape index (κ2) is 13.0. The lowest BCUT2D eigenvalue weighted by Crippen LogP contribution is -2.54. The van der Waals surface area contributed by atoms with Crippen molar-refractivity contribution in [3.63, 3.8) is 0 Å². The van der Waals surface area contributed by atoms with Gasteiger partial charge in [-0.2, -0.15) is 0 Å². The van der Waals surface area contributed by atoms with Crippen LogP contribution in [0.3, 0.4) is 0 Å². The summed E-state index contributed by atoms with van der Waals surface area (Å²) in [6.45, 7) is 3.21. The fourth-order valence-corrected chi connectivity index (χ4v) is 5.28. The topological polar surface area (TPSA) is 105 Å². The largest absolute Gasteiger partial charge is 0.454 e. The third kappa shape index (κ3) is 7.75. The minimum atomic E-state index is -3.93. The highest BCUT2D eigenvalue weighted by atomic mass is 32.2. The van der Waals surface area contributed by atoms with Gasteiger partial charge in [0.05, 0.1) is 11.9 Å². The van der Waals surface area contributed by atoms with Crippen LogP contribution in [0.1, 0.15) is 31.4 Å². The molecule has 0 saturated carbocycles. The van der Waals surface area contributed by atoms with Crippen LogP contribution in [-0.4, -0.2) is 56.8 Å². The number of benzene rings is 3. The van der Waals surface area contributed by atoms with Crippen molar-refractivity contribution in [1.82, 2.24) is 10.2 Å². The van der Waals surface area contributed by atoms with Gasteiger partial charge in [-0.05, 0) is 48.7 Å². The fraction of sp³-hybridized carbons (Fsp3) is 0.333. The first-order valence-corrected chi connectivity index (χ1v) is 15.2. The van der Waals surface area contributed by atoms with E-state index in [9.17, 15) is 22.4 Å². The number of anilines is 1. The highest BCUT2D eigenvalue weighted by Gasteiger charge is 2.33. The summed E-state index contributed by atoms with van der Waals surface area (Å²) in [7, 11) is -3.93. The molecule has 0 saturated heterocycles. The monoisotopic (exact) mass is 583 g/mol. The molecule has 1 aliphatic heterocycles. The van der Waals surface area contributed by atoms with Crippen molar-refractivity contribution >= 4 is 27.5 Å². The molecule has 0 aromatic heterocycles. The van der Waals surface area contributed by atoms with Crippen molar-refractivity contribution in [3.05, 3.63) is 89.7 Å². The SMILES string of the molecule is CCC(C)NC(=O)C(Cc1ccccc1)N(Cc1ccc(F)cc1)C(=O)CN(c1ccc2c(c1)OCO2)S(C)(=O)=O. The molecular weight excluding hydrogens is 549 g/mol. The number of halogens is 1. The lowest BCUT2D eigenvalue weighted by atomic mass is 10.0. The maximum absolute atomic E-state index is 14.1. The van der Waals surface area contributed by atoms with Crippen LogP contribution in [0.15, 0.2) is 72.8 Å². The Labute approximate surface area is 239 Å². The Morgan fingerprint density at radius 3 is 2.32 bits per heavy atom. The van der Waals surface area contributed by atoms with E-state index in [4.69, 9.17) is 9.47 Å². The van der Waals surface area contributed by atoms with Gasteiger partial charge in [-0.15, -0.1) is 0 Å². The molecule has 11 heteroatoms. The standard InChI is InChI=1S/C30H34FN3O6S/c1-4-21(2)32-30(36)26(16-22-8-6-5-7-9-22)33(18-23-10-12-24(31)13-11-23)29(35)19-34(41(3,37)38)25-14-15-27-28(17-25)40-20-39-27/h5-15,17,21,26H,4,16,18-20H2,1-3H3,(H,32,36). The Hall–Kier alpha value is -4.12. The summed E-state index contributed by atoms with van der Waals surface area (Å²) in [5, 5.41) is 2.97. The van der Waals surface area contributed by atoms with Gasteiger partial charge in [-0.1, -0.05) is 49.4 Å². The maximum Gasteiger partial charge on any atom is 0.244 e. The first-order chi connectivity index (χ1) is 19.5. The minimum absolute atomic E-state index is 0.00843. The molecule has 2 atom stereocenters. The number of fused-ring (bicyclic) bond motifs is 1. The molecule has 218 valence electrons. The van der Waals surface area contributed by atoms with Crippen LogP contribution >= 0.6 is 0 Å². The van der Waals surface area contributed by atoms with Gasteiger partial charge in [0.1, 0.15) is 18.4 Å². The third-order valence-electron chi connectivity index (χ3n) is 6.86. The number of rotatable bonds is 12. The Bertz CT molecular complexity index is 1470. The van der Waals surface area contributed by atoms with E-state index in [1.807, 2.05) is 44.2 Å². The molecule has 4 rings (SSSR count). The number of ether oxygens (including phenoxy) is 2. The van der Waals surface area contributed by atoms with Crippen molar-refractivity contribution in [1.29, 1.82) is 0 Å². The van der Waals surface area contributed by atoms with Crippen LogP contribution in [0.4, 0.5) is 10.1 Å². The summed E-state index contributed by atoms with van der Waals surface area (Å²) < 4.78 is 51.3. The van der Waals surface area contributed by atoms with Crippen molar-refractivity contribution < 1.29 is 31.9 Å². The van der Waals surface area contributed by atoms with Gasteiger partial charge in [0, 0.05) is 25.1 Å². The zero-order valence-corrected chi connectivity index (χ0v) is 24.1. The van der Waals surface area contributed by atoms with E-state index < -0.39 is 34.3 Å². The molecule has 0 bridgehead atoms. The molecule has 1 aliphatic rings. The second-order valence-corrected chi connectivity index (χ2v) is 11.9. The predicted octanol–water partition coefficient (Wildman–Crippen LogP) is 3.88. The van der Waals surface area contributed by atoms with E-state index in [2.05, 4.69) is 5.32 Å². The fourth-order valence-electron chi connectivity index (χ4n) is 4.44. The molecule has 2 unspecified atom stereocenters. The summed E-state index contributed by atoms with van der Waals surface area (Å²) in [4.78, 5) is 29.1. The van der Waals surface area contributed by atoms with Crippen LogP contribution in [0, 0.1) is 5.82 Å². The van der Waals surface area contributed by atoms with Crippen molar-refractivity contribution in [2.24, 2.45) is 0 Å². The molecule has 41 heavy (non-hydrogen) atoms. The number of carbonyl (C=O) groups excluding carboxylic acids is 2. The molecule has 1 heterocycles. The van der Waals surface area contributed by atoms with Gasteiger partial charge in [-0.3, -0.25) is 13.9 Å². The van der Waals surface area contributed by atoms with Gasteiger partial charge < -0.3 is 19.7 Å². The summed E-state index contributed by atoms with van der Waals surface area (Å²) in [6.07, 6.45) is 1.88. The maximum atomic E-state index is 14.1. The number of hydrogen-bond acceptors (Lipinski definition) is 6. The van der Waals surface area contributed by atoms with E-state index in [0.717, 1.165) is 16.1 Å². The Kier molecular flexibility index (Phi) is 9.49. The van der Waals surface area contributed by atoms with E-state index >= 15 is 0 Å². The Morgan fingerprint density at radius 1 is 0.976 bits per heavy atom. The van der Waals surface area contributed by atoms with Crippen LogP contribution in [0.25, 0.3) is 0 Å². The molecule has 9 nitrogen and oxygen atoms in total. The normalized spacial score (nSPS) is 13.8. The Balaban J connectivity index is 1.72. The number of carbonyl (C=O) groups is 2. The zero-order chi connectivity index (χ0) is 29.6. The van der Waals surface area contributed by atoms with Crippen molar-refractivity contribution in [3.8, 4) is 11.5 Å². The number of nitrogens with one attached hydrogen (secondary N) is 1. The zero-order valence-electron chi connectivity index (χ0n) is 23.2. The summed E-state index contributed by atoms with van der Waals surface area (Å²) in [5.41, 5.74) is 1.63. The van der Waals surface area contributed by atoms with Crippen molar-refractivity contribution in [2.75, 3.05) is 23.9 Å². The quantitative estimate of drug-likeness (QED) is 0.347. The lowest BCUT2D eigenvalue weighted by Gasteiger charge is -2.34. The first kappa shape index (κ1) is 29.9. The van der Waals surface area contributed by atoms with Crippen LogP contribution in [-0.2, 0) is 32.6 Å². The highest BCUT2D eigenvalue weighted by Crippen LogP contribution is 2.36. The van der Waals surface area contributed by atoms with Gasteiger partial charge in [-0.25, -0.2) is 12.8 Å². The average molecular weight is 584 g/mol. The summed E-state index contributed by atoms with van der Waals surface area (Å²) in [6, 6.07) is 18.4. The third-order valence-corrected chi connectivity index (χ3v) is 8.00. The Morgan fingerprint density at radius 2 is 1.66 bits per heavy atom. The average Bonchev–Trinajstić information content (AvgIpc) is 3.42. The van der Waals surface area contributed by atoms with E-state index in [1.165, 1.54) is 41.3 Å². The van der Waals surface area contributed by atoms with Crippen LogP contribution in [0.2, 0.25) is 0 Å². The van der Waals surface area contributed by atoms with Crippen LogP contribution < -0.4 is 19.1 Å². The number of nitrogens with zero attached hydrogens (tertiary/aromatic N) is 2. The molecule has 0 aliphatic carbocycles. The van der Waals surface area contributed by atoms with Crippen molar-refractivity contribution in [2.45, 2.75) is 45.3 Å². The molecule has 0 spiro atoms. The highest BCUT2D eigenvalue weighted by molar-refractivity contribution is 7.92. The van der Waals surface area contributed by atoms with E-state index in [0.29, 0.717) is 23.5 Å². The van der Waals surface area contributed by atoms with Gasteiger partial charge in [0.25, 0.3) is 0 Å². The molecular formula is C30H34FN3O6S. The summed E-state index contributed by atoms with van der Waals surface area (Å²) in [5.74, 6) is -0.573. The smallest absolute Gasteiger partial charge is 0.244 e. The van der Waals surface area contributed by atoms with Crippen LogP contribution in [0.5, 0.6) is 11.5 Å². The molecule has 2 amide bonds. The summed E-state index contributed by atoms with van der Waals surface area (Å²) >= 11 is 0. The second-order valence-electron chi connectivity index (χ2n) is 9.98. The molecule has 0 radical (unpaired) electrons. The number of amides is 2. The predicted molar refractivity (Wildman–Crippen MR) is 154 cm³/mol. The van der Waals surface area contributed by atoms with Gasteiger partial charge in [0.2, 0.25) is 28.6 Å². The van der Waals surface area contributed by atoms with Gasteiger partial charge >= 0.3 is 0 Å². The molecule has 0 fully saturated rings. The number of sulfonamides is 1. The molecule has 1 N–H and O–H groups in total. The van der Waals surface area contributed by atoms with E-state index in [-0.39, 0.29) is 37.4 Å². The number of hydrogen-bond donors (Lipinski definition) is 1. The first-order valence-electron chi connectivity index (χ1n) is 13.3. The molecule has 3 aromatic carbocycles. The lowest BCUT2D eigenvalue weighted by molar-refractivity contribution is -0.140.